The Morgan fingerprint density at radius 2 is 1.92 bits per heavy atom. The highest BCUT2D eigenvalue weighted by atomic mass is 16.5. The van der Waals surface area contributed by atoms with Gasteiger partial charge in [-0.05, 0) is 29.8 Å². The minimum atomic E-state index is -0.285. The van der Waals surface area contributed by atoms with Gasteiger partial charge in [0, 0.05) is 24.2 Å². The SMILES string of the molecule is COCc1cc(=O)[nH]c2cc(NC(=O)c3ccccc3OC)ccc12. The number of nitrogens with one attached hydrogen (secondary N) is 2. The van der Waals surface area contributed by atoms with Gasteiger partial charge in [0.15, 0.2) is 0 Å². The van der Waals surface area contributed by atoms with Crippen LogP contribution in [0.3, 0.4) is 0 Å². The first kappa shape index (κ1) is 16.7. The Hall–Kier alpha value is -3.12. The number of hydrogen-bond donors (Lipinski definition) is 2. The fraction of sp³-hybridized carbons (Fsp3) is 0.158. The van der Waals surface area contributed by atoms with Gasteiger partial charge in [-0.1, -0.05) is 18.2 Å². The molecule has 1 amide bonds. The van der Waals surface area contributed by atoms with Crippen LogP contribution in [-0.2, 0) is 11.3 Å². The van der Waals surface area contributed by atoms with Gasteiger partial charge in [-0.25, -0.2) is 0 Å². The number of pyridine rings is 1. The molecule has 128 valence electrons. The van der Waals surface area contributed by atoms with Crippen molar-refractivity contribution < 1.29 is 14.3 Å². The van der Waals surface area contributed by atoms with Crippen molar-refractivity contribution in [3.8, 4) is 5.75 Å². The number of fused-ring (bicyclic) bond motifs is 1. The highest BCUT2D eigenvalue weighted by Crippen LogP contribution is 2.22. The molecule has 0 saturated carbocycles. The number of aromatic amines is 1. The molecule has 3 aromatic rings. The zero-order chi connectivity index (χ0) is 17.8. The summed E-state index contributed by atoms with van der Waals surface area (Å²) in [6.45, 7) is 0.341. The molecule has 0 aliphatic carbocycles. The average molecular weight is 338 g/mol. The van der Waals surface area contributed by atoms with E-state index in [4.69, 9.17) is 9.47 Å². The highest BCUT2D eigenvalue weighted by Gasteiger charge is 2.12. The second-order valence-corrected chi connectivity index (χ2v) is 5.51. The van der Waals surface area contributed by atoms with Gasteiger partial charge in [-0.3, -0.25) is 9.59 Å². The Morgan fingerprint density at radius 1 is 1.12 bits per heavy atom. The van der Waals surface area contributed by atoms with E-state index in [0.29, 0.717) is 29.1 Å². The van der Waals surface area contributed by atoms with E-state index in [2.05, 4.69) is 10.3 Å². The fourth-order valence-corrected chi connectivity index (χ4v) is 2.72. The van der Waals surface area contributed by atoms with Crippen molar-refractivity contribution in [3.05, 3.63) is 70.0 Å². The normalized spacial score (nSPS) is 10.6. The third-order valence-electron chi connectivity index (χ3n) is 3.84. The molecule has 1 heterocycles. The highest BCUT2D eigenvalue weighted by molar-refractivity contribution is 6.06. The van der Waals surface area contributed by atoms with Crippen LogP contribution in [0.25, 0.3) is 10.9 Å². The quantitative estimate of drug-likeness (QED) is 0.749. The molecule has 3 rings (SSSR count). The summed E-state index contributed by atoms with van der Waals surface area (Å²) in [7, 11) is 3.10. The van der Waals surface area contributed by atoms with E-state index in [1.54, 1.807) is 43.5 Å². The summed E-state index contributed by atoms with van der Waals surface area (Å²) in [5.74, 6) is 0.212. The maximum absolute atomic E-state index is 12.5. The number of aromatic nitrogens is 1. The fourth-order valence-electron chi connectivity index (χ4n) is 2.72. The van der Waals surface area contributed by atoms with Crippen LogP contribution in [0.2, 0.25) is 0 Å². The van der Waals surface area contributed by atoms with Crippen molar-refractivity contribution in [3.63, 3.8) is 0 Å². The second-order valence-electron chi connectivity index (χ2n) is 5.51. The molecule has 0 atom stereocenters. The minimum absolute atomic E-state index is 0.215. The second kappa shape index (κ2) is 7.19. The smallest absolute Gasteiger partial charge is 0.259 e. The molecule has 2 N–H and O–H groups in total. The molecule has 0 unspecified atom stereocenters. The molecule has 0 radical (unpaired) electrons. The number of anilines is 1. The maximum atomic E-state index is 12.5. The molecule has 1 aromatic heterocycles. The molecule has 0 fully saturated rings. The summed E-state index contributed by atoms with van der Waals surface area (Å²) in [4.78, 5) is 27.1. The zero-order valence-electron chi connectivity index (χ0n) is 14.0. The van der Waals surface area contributed by atoms with Gasteiger partial charge in [-0.2, -0.15) is 0 Å². The first-order valence-corrected chi connectivity index (χ1v) is 7.71. The number of amides is 1. The molecule has 25 heavy (non-hydrogen) atoms. The topological polar surface area (TPSA) is 80.4 Å². The lowest BCUT2D eigenvalue weighted by atomic mass is 10.1. The predicted molar refractivity (Wildman–Crippen MR) is 96.2 cm³/mol. The number of carbonyl (C=O) groups excluding carboxylic acids is 1. The number of benzene rings is 2. The Kier molecular flexibility index (Phi) is 4.81. The Morgan fingerprint density at radius 3 is 2.68 bits per heavy atom. The molecular formula is C19H18N2O4. The molecule has 0 aliphatic rings. The van der Waals surface area contributed by atoms with Crippen LogP contribution in [-0.4, -0.2) is 25.1 Å². The number of carbonyl (C=O) groups is 1. The van der Waals surface area contributed by atoms with E-state index in [0.717, 1.165) is 10.9 Å². The van der Waals surface area contributed by atoms with E-state index in [1.807, 2.05) is 6.07 Å². The van der Waals surface area contributed by atoms with Gasteiger partial charge < -0.3 is 19.8 Å². The molecular weight excluding hydrogens is 320 g/mol. The van der Waals surface area contributed by atoms with Crippen molar-refractivity contribution >= 4 is 22.5 Å². The molecule has 6 nitrogen and oxygen atoms in total. The Balaban J connectivity index is 1.94. The average Bonchev–Trinajstić information content (AvgIpc) is 2.61. The molecule has 0 saturated heterocycles. The van der Waals surface area contributed by atoms with Crippen LogP contribution in [0.5, 0.6) is 5.75 Å². The molecule has 6 heteroatoms. The molecule has 0 aliphatic heterocycles. The lowest BCUT2D eigenvalue weighted by Crippen LogP contribution is -2.13. The lowest BCUT2D eigenvalue weighted by Gasteiger charge is -2.11. The summed E-state index contributed by atoms with van der Waals surface area (Å²) < 4.78 is 10.3. The molecule has 0 spiro atoms. The van der Waals surface area contributed by atoms with Gasteiger partial charge in [0.1, 0.15) is 5.75 Å². The van der Waals surface area contributed by atoms with Gasteiger partial charge >= 0.3 is 0 Å². The Labute approximate surface area is 144 Å². The standard InChI is InChI=1S/C19H18N2O4/c1-24-11-12-9-18(22)21-16-10-13(7-8-14(12)16)20-19(23)15-5-3-4-6-17(15)25-2/h3-10H,11H2,1-2H3,(H,20,23)(H,21,22). The molecule has 0 bridgehead atoms. The number of rotatable bonds is 5. The number of ether oxygens (including phenoxy) is 2. The predicted octanol–water partition coefficient (Wildman–Crippen LogP) is 2.94. The van der Waals surface area contributed by atoms with Crippen LogP contribution in [0.1, 0.15) is 15.9 Å². The summed E-state index contributed by atoms with van der Waals surface area (Å²) in [6, 6.07) is 13.9. The maximum Gasteiger partial charge on any atom is 0.259 e. The van der Waals surface area contributed by atoms with E-state index < -0.39 is 0 Å². The van der Waals surface area contributed by atoms with E-state index in [9.17, 15) is 9.59 Å². The zero-order valence-corrected chi connectivity index (χ0v) is 14.0. The lowest BCUT2D eigenvalue weighted by molar-refractivity contribution is 0.102. The minimum Gasteiger partial charge on any atom is -0.496 e. The van der Waals surface area contributed by atoms with E-state index >= 15 is 0 Å². The van der Waals surface area contributed by atoms with Crippen molar-refractivity contribution in [1.29, 1.82) is 0 Å². The van der Waals surface area contributed by atoms with Gasteiger partial charge in [0.05, 0.1) is 24.8 Å². The van der Waals surface area contributed by atoms with Crippen LogP contribution in [0.15, 0.2) is 53.3 Å². The van der Waals surface area contributed by atoms with E-state index in [-0.39, 0.29) is 11.5 Å². The van der Waals surface area contributed by atoms with Crippen LogP contribution >= 0.6 is 0 Å². The van der Waals surface area contributed by atoms with Crippen molar-refractivity contribution in [2.45, 2.75) is 6.61 Å². The number of methoxy groups -OCH3 is 2. The van der Waals surface area contributed by atoms with Crippen molar-refractivity contribution in [2.24, 2.45) is 0 Å². The van der Waals surface area contributed by atoms with Crippen LogP contribution < -0.4 is 15.6 Å². The van der Waals surface area contributed by atoms with Crippen molar-refractivity contribution in [1.82, 2.24) is 4.98 Å². The van der Waals surface area contributed by atoms with Crippen LogP contribution in [0, 0.1) is 0 Å². The number of para-hydroxylation sites is 1. The monoisotopic (exact) mass is 338 g/mol. The first-order chi connectivity index (χ1) is 12.1. The van der Waals surface area contributed by atoms with Gasteiger partial charge in [0.2, 0.25) is 5.56 Å². The first-order valence-electron chi connectivity index (χ1n) is 7.71. The third-order valence-corrected chi connectivity index (χ3v) is 3.84. The summed E-state index contributed by atoms with van der Waals surface area (Å²) in [6.07, 6.45) is 0. The number of hydrogen-bond acceptors (Lipinski definition) is 4. The largest absolute Gasteiger partial charge is 0.496 e. The molecule has 2 aromatic carbocycles. The summed E-state index contributed by atoms with van der Waals surface area (Å²) in [5, 5.41) is 3.70. The van der Waals surface area contributed by atoms with Crippen molar-refractivity contribution in [2.75, 3.05) is 19.5 Å². The summed E-state index contributed by atoms with van der Waals surface area (Å²) >= 11 is 0. The Bertz CT molecular complexity index is 979. The van der Waals surface area contributed by atoms with Gasteiger partial charge in [0.25, 0.3) is 5.91 Å². The third kappa shape index (κ3) is 3.54. The number of H-pyrrole nitrogens is 1. The summed E-state index contributed by atoms with van der Waals surface area (Å²) in [5.41, 5.74) is 2.23. The van der Waals surface area contributed by atoms with Crippen LogP contribution in [0.4, 0.5) is 5.69 Å². The van der Waals surface area contributed by atoms with Gasteiger partial charge in [-0.15, -0.1) is 0 Å². The van der Waals surface area contributed by atoms with E-state index in [1.165, 1.54) is 13.2 Å².